The summed E-state index contributed by atoms with van der Waals surface area (Å²) in [5.41, 5.74) is 3.58. The number of allylic oxidation sites excluding steroid dienone is 1. The van der Waals surface area contributed by atoms with Crippen molar-refractivity contribution in [3.63, 3.8) is 0 Å². The zero-order chi connectivity index (χ0) is 20.8. The van der Waals surface area contributed by atoms with Gasteiger partial charge in [-0.25, -0.2) is 9.78 Å². The predicted octanol–water partition coefficient (Wildman–Crippen LogP) is 4.91. The number of nitrogens with zero attached hydrogens (tertiary/aromatic N) is 2. The first kappa shape index (κ1) is 19.4. The second-order valence-corrected chi connectivity index (χ2v) is 7.01. The van der Waals surface area contributed by atoms with Gasteiger partial charge in [-0.1, -0.05) is 97.1 Å². The van der Waals surface area contributed by atoms with E-state index in [1.165, 1.54) is 6.08 Å². The maximum Gasteiger partial charge on any atom is 0.327 e. The topological polar surface area (TPSA) is 55.1 Å². The number of aliphatic carboxylic acids is 1. The molecule has 0 saturated heterocycles. The van der Waals surface area contributed by atoms with Crippen LogP contribution in [0.15, 0.2) is 116 Å². The van der Waals surface area contributed by atoms with Crippen molar-refractivity contribution >= 4 is 5.97 Å². The van der Waals surface area contributed by atoms with Crippen LogP contribution in [0.1, 0.15) is 22.4 Å². The lowest BCUT2D eigenvalue weighted by molar-refractivity contribution is -0.131. The van der Waals surface area contributed by atoms with Crippen molar-refractivity contribution in [1.82, 2.24) is 9.55 Å². The van der Waals surface area contributed by atoms with E-state index in [9.17, 15) is 4.79 Å². The minimum absolute atomic E-state index is 0.459. The third kappa shape index (κ3) is 3.55. The zero-order valence-electron chi connectivity index (χ0n) is 16.4. The highest BCUT2D eigenvalue weighted by molar-refractivity contribution is 5.79. The van der Waals surface area contributed by atoms with Crippen LogP contribution in [-0.2, 0) is 16.8 Å². The smallest absolute Gasteiger partial charge is 0.327 e. The fraction of sp³-hybridized carbons (Fsp3) is 0.0769. The maximum absolute atomic E-state index is 11.0. The molecule has 0 radical (unpaired) electrons. The number of hydrogen-bond donors (Lipinski definition) is 1. The largest absolute Gasteiger partial charge is 0.478 e. The highest BCUT2D eigenvalue weighted by Crippen LogP contribution is 2.41. The number of carboxylic acids is 1. The van der Waals surface area contributed by atoms with Crippen molar-refractivity contribution in [3.05, 3.63) is 138 Å². The van der Waals surface area contributed by atoms with E-state index in [0.29, 0.717) is 6.42 Å². The van der Waals surface area contributed by atoms with Crippen LogP contribution in [0.25, 0.3) is 0 Å². The van der Waals surface area contributed by atoms with E-state index in [2.05, 4.69) is 45.9 Å². The lowest BCUT2D eigenvalue weighted by Gasteiger charge is -2.38. The lowest BCUT2D eigenvalue weighted by atomic mass is 9.76. The molecule has 0 bridgehead atoms. The zero-order valence-corrected chi connectivity index (χ0v) is 16.4. The maximum atomic E-state index is 11.0. The van der Waals surface area contributed by atoms with Crippen LogP contribution >= 0.6 is 0 Å². The molecular weight excluding hydrogens is 372 g/mol. The average molecular weight is 394 g/mol. The van der Waals surface area contributed by atoms with E-state index in [1.807, 2.05) is 60.9 Å². The first-order valence-electron chi connectivity index (χ1n) is 9.80. The van der Waals surface area contributed by atoms with Crippen LogP contribution in [-0.4, -0.2) is 20.6 Å². The average Bonchev–Trinajstić information content (AvgIpc) is 3.25. The summed E-state index contributed by atoms with van der Waals surface area (Å²) in [7, 11) is 0. The van der Waals surface area contributed by atoms with Crippen molar-refractivity contribution in [3.8, 4) is 0 Å². The fourth-order valence-corrected chi connectivity index (χ4v) is 4.01. The fourth-order valence-electron chi connectivity index (χ4n) is 4.01. The molecule has 30 heavy (non-hydrogen) atoms. The molecular formula is C26H22N2O2. The summed E-state index contributed by atoms with van der Waals surface area (Å²) >= 11 is 0. The highest BCUT2D eigenvalue weighted by atomic mass is 16.4. The molecule has 0 aliphatic rings. The summed E-state index contributed by atoms with van der Waals surface area (Å²) in [5, 5.41) is 9.00. The van der Waals surface area contributed by atoms with Gasteiger partial charge in [0.2, 0.25) is 0 Å². The Kier molecular flexibility index (Phi) is 5.57. The monoisotopic (exact) mass is 394 g/mol. The Morgan fingerprint density at radius 2 is 1.30 bits per heavy atom. The summed E-state index contributed by atoms with van der Waals surface area (Å²) < 4.78 is 2.15. The van der Waals surface area contributed by atoms with Crippen LogP contribution in [0.2, 0.25) is 0 Å². The SMILES string of the molecule is O=C(O)/C=C/Cc1cncn1C(c1ccccc1)(c1ccccc1)c1ccccc1. The third-order valence-corrected chi connectivity index (χ3v) is 5.24. The molecule has 3 aromatic carbocycles. The summed E-state index contributed by atoms with van der Waals surface area (Å²) in [5.74, 6) is -0.957. The van der Waals surface area contributed by atoms with Crippen LogP contribution in [0.4, 0.5) is 0 Å². The number of benzene rings is 3. The highest BCUT2D eigenvalue weighted by Gasteiger charge is 2.39. The molecule has 0 fully saturated rings. The van der Waals surface area contributed by atoms with Crippen molar-refractivity contribution in [1.29, 1.82) is 0 Å². The van der Waals surface area contributed by atoms with Gasteiger partial charge in [0, 0.05) is 24.4 Å². The van der Waals surface area contributed by atoms with E-state index >= 15 is 0 Å². The molecule has 148 valence electrons. The first-order chi connectivity index (χ1) is 14.7. The van der Waals surface area contributed by atoms with Crippen molar-refractivity contribution in [2.24, 2.45) is 0 Å². The minimum Gasteiger partial charge on any atom is -0.478 e. The van der Waals surface area contributed by atoms with E-state index in [4.69, 9.17) is 5.11 Å². The molecule has 1 aromatic heterocycles. The standard InChI is InChI=1S/C26H22N2O2/c29-25(30)18-10-17-24-19-27-20-28(24)26(21-11-4-1-5-12-21,22-13-6-2-7-14-22)23-15-8-3-9-16-23/h1-16,18-20H,17H2,(H,29,30)/b18-10+. The van der Waals surface area contributed by atoms with Crippen molar-refractivity contribution < 1.29 is 9.90 Å². The van der Waals surface area contributed by atoms with Gasteiger partial charge in [-0.15, -0.1) is 0 Å². The van der Waals surface area contributed by atoms with Gasteiger partial charge in [-0.2, -0.15) is 0 Å². The van der Waals surface area contributed by atoms with Gasteiger partial charge in [0.1, 0.15) is 5.54 Å². The molecule has 1 heterocycles. The molecule has 4 aromatic rings. The Labute approximate surface area is 175 Å². The Hall–Kier alpha value is -3.92. The van der Waals surface area contributed by atoms with Gasteiger partial charge in [0.15, 0.2) is 0 Å². The number of carbonyl (C=O) groups is 1. The molecule has 1 N–H and O–H groups in total. The van der Waals surface area contributed by atoms with E-state index < -0.39 is 11.5 Å². The number of carboxylic acid groups (broad SMARTS) is 1. The van der Waals surface area contributed by atoms with Gasteiger partial charge in [-0.3, -0.25) is 0 Å². The number of rotatable bonds is 7. The molecule has 0 saturated carbocycles. The first-order valence-corrected chi connectivity index (χ1v) is 9.80. The van der Waals surface area contributed by atoms with Gasteiger partial charge >= 0.3 is 5.97 Å². The molecule has 0 spiro atoms. The molecule has 4 nitrogen and oxygen atoms in total. The molecule has 4 heteroatoms. The van der Waals surface area contributed by atoms with E-state index in [-0.39, 0.29) is 0 Å². The number of hydrogen-bond acceptors (Lipinski definition) is 2. The Balaban J connectivity index is 2.03. The van der Waals surface area contributed by atoms with Crippen LogP contribution in [0.3, 0.4) is 0 Å². The lowest BCUT2D eigenvalue weighted by Crippen LogP contribution is -2.38. The quantitative estimate of drug-likeness (QED) is 0.358. The van der Waals surface area contributed by atoms with Gasteiger partial charge in [0.25, 0.3) is 0 Å². The second-order valence-electron chi connectivity index (χ2n) is 7.01. The Bertz CT molecular complexity index is 1040. The molecule has 0 aliphatic carbocycles. The van der Waals surface area contributed by atoms with Crippen molar-refractivity contribution in [2.45, 2.75) is 12.0 Å². The summed E-state index contributed by atoms with van der Waals surface area (Å²) in [6, 6.07) is 31.0. The Morgan fingerprint density at radius 3 is 1.73 bits per heavy atom. The number of imidazole rings is 1. The number of aromatic nitrogens is 2. The van der Waals surface area contributed by atoms with Crippen LogP contribution < -0.4 is 0 Å². The summed E-state index contributed by atoms with van der Waals surface area (Å²) in [6.07, 6.45) is 6.92. The molecule has 0 aliphatic heterocycles. The Morgan fingerprint density at radius 1 is 0.833 bits per heavy atom. The van der Waals surface area contributed by atoms with Crippen molar-refractivity contribution in [2.75, 3.05) is 0 Å². The molecule has 0 unspecified atom stereocenters. The second kappa shape index (κ2) is 8.62. The molecule has 4 rings (SSSR count). The predicted molar refractivity (Wildman–Crippen MR) is 117 cm³/mol. The molecule has 0 atom stereocenters. The summed E-state index contributed by atoms with van der Waals surface area (Å²) in [4.78, 5) is 15.4. The van der Waals surface area contributed by atoms with E-state index in [1.54, 1.807) is 12.3 Å². The van der Waals surface area contributed by atoms with E-state index in [0.717, 1.165) is 22.4 Å². The molecule has 0 amide bonds. The normalized spacial score (nSPS) is 11.6. The minimum atomic E-state index is -0.957. The van der Waals surface area contributed by atoms with Gasteiger partial charge in [-0.05, 0) is 16.7 Å². The van der Waals surface area contributed by atoms with Crippen LogP contribution in [0.5, 0.6) is 0 Å². The van der Waals surface area contributed by atoms with Gasteiger partial charge < -0.3 is 9.67 Å². The summed E-state index contributed by atoms with van der Waals surface area (Å²) in [6.45, 7) is 0. The third-order valence-electron chi connectivity index (χ3n) is 5.24. The van der Waals surface area contributed by atoms with Crippen LogP contribution in [0, 0.1) is 0 Å². The van der Waals surface area contributed by atoms with Gasteiger partial charge in [0.05, 0.1) is 6.33 Å².